The number of hydrogen-bond acceptors (Lipinski definition) is 2. The summed E-state index contributed by atoms with van der Waals surface area (Å²) >= 11 is 0. The molecule has 0 fully saturated rings. The molecule has 2 rings (SSSR count). The van der Waals surface area contributed by atoms with Crippen molar-refractivity contribution in [1.82, 2.24) is 0 Å². The van der Waals surface area contributed by atoms with Crippen molar-refractivity contribution in [2.75, 3.05) is 18.5 Å². The van der Waals surface area contributed by atoms with Crippen LogP contribution in [-0.2, 0) is 11.2 Å². The van der Waals surface area contributed by atoms with Crippen molar-refractivity contribution < 1.29 is 4.79 Å². The van der Waals surface area contributed by atoms with E-state index in [-0.39, 0.29) is 11.8 Å². The third-order valence-corrected chi connectivity index (χ3v) is 2.77. The molecule has 0 saturated heterocycles. The number of carbonyl (C=O) groups excluding carboxylic acids is 1. The number of para-hydroxylation sites is 1. The maximum absolute atomic E-state index is 11.1. The quantitative estimate of drug-likeness (QED) is 0.711. The normalized spacial score (nSPS) is 20.4. The van der Waals surface area contributed by atoms with Gasteiger partial charge in [-0.3, -0.25) is 4.79 Å². The molecule has 0 aliphatic carbocycles. The largest absolute Gasteiger partial charge is 0.374 e. The van der Waals surface area contributed by atoms with Crippen LogP contribution >= 0.6 is 0 Å². The Hall–Kier alpha value is -1.51. The van der Waals surface area contributed by atoms with Crippen LogP contribution < -0.4 is 10.6 Å². The second-order valence-corrected chi connectivity index (χ2v) is 3.81. The summed E-state index contributed by atoms with van der Waals surface area (Å²) in [6, 6.07) is 8.14. The van der Waals surface area contributed by atoms with Crippen molar-refractivity contribution in [2.45, 2.75) is 6.42 Å². The maximum atomic E-state index is 11.1. The van der Waals surface area contributed by atoms with Crippen molar-refractivity contribution >= 4 is 11.6 Å². The lowest BCUT2D eigenvalue weighted by Gasteiger charge is -2.31. The molecule has 3 heteroatoms. The van der Waals surface area contributed by atoms with E-state index < -0.39 is 0 Å². The average Bonchev–Trinajstić information content (AvgIpc) is 2.17. The van der Waals surface area contributed by atoms with E-state index in [4.69, 9.17) is 5.73 Å². The zero-order valence-electron chi connectivity index (χ0n) is 8.23. The standard InChI is InChI=1S/C11H14N2O/c1-13-7-9(11(12)14)6-8-4-2-3-5-10(8)13/h2-5,9H,6-7H2,1H3,(H2,12,14). The van der Waals surface area contributed by atoms with Crippen molar-refractivity contribution in [3.8, 4) is 0 Å². The van der Waals surface area contributed by atoms with Crippen LogP contribution in [0.2, 0.25) is 0 Å². The van der Waals surface area contributed by atoms with Crippen molar-refractivity contribution in [3.63, 3.8) is 0 Å². The topological polar surface area (TPSA) is 46.3 Å². The molecule has 1 amide bonds. The van der Waals surface area contributed by atoms with E-state index in [0.717, 1.165) is 13.0 Å². The van der Waals surface area contributed by atoms with Gasteiger partial charge in [0, 0.05) is 19.3 Å². The Morgan fingerprint density at radius 1 is 1.50 bits per heavy atom. The molecule has 0 aromatic heterocycles. The molecule has 1 heterocycles. The Morgan fingerprint density at radius 2 is 2.21 bits per heavy atom. The van der Waals surface area contributed by atoms with Gasteiger partial charge in [0.25, 0.3) is 0 Å². The summed E-state index contributed by atoms with van der Waals surface area (Å²) in [5, 5.41) is 0. The van der Waals surface area contributed by atoms with Gasteiger partial charge in [0.05, 0.1) is 5.92 Å². The summed E-state index contributed by atoms with van der Waals surface area (Å²) in [5.74, 6) is -0.249. The molecular weight excluding hydrogens is 176 g/mol. The summed E-state index contributed by atoms with van der Waals surface area (Å²) < 4.78 is 0. The van der Waals surface area contributed by atoms with Gasteiger partial charge in [0.1, 0.15) is 0 Å². The number of nitrogens with two attached hydrogens (primary N) is 1. The molecule has 0 spiro atoms. The highest BCUT2D eigenvalue weighted by atomic mass is 16.1. The molecule has 14 heavy (non-hydrogen) atoms. The maximum Gasteiger partial charge on any atom is 0.222 e. The minimum absolute atomic E-state index is 0.0464. The van der Waals surface area contributed by atoms with Crippen LogP contribution in [0.15, 0.2) is 24.3 Å². The van der Waals surface area contributed by atoms with Gasteiger partial charge in [-0.15, -0.1) is 0 Å². The van der Waals surface area contributed by atoms with Gasteiger partial charge >= 0.3 is 0 Å². The molecule has 74 valence electrons. The number of hydrogen-bond donors (Lipinski definition) is 1. The van der Waals surface area contributed by atoms with Gasteiger partial charge < -0.3 is 10.6 Å². The average molecular weight is 190 g/mol. The number of nitrogens with zero attached hydrogens (tertiary/aromatic N) is 1. The molecule has 1 aliphatic heterocycles. The number of rotatable bonds is 1. The first-order chi connectivity index (χ1) is 6.68. The highest BCUT2D eigenvalue weighted by molar-refractivity contribution is 5.79. The van der Waals surface area contributed by atoms with Gasteiger partial charge in [-0.2, -0.15) is 0 Å². The van der Waals surface area contributed by atoms with Crippen molar-refractivity contribution in [3.05, 3.63) is 29.8 Å². The van der Waals surface area contributed by atoms with Gasteiger partial charge in [0.15, 0.2) is 0 Å². The molecule has 1 atom stereocenters. The summed E-state index contributed by atoms with van der Waals surface area (Å²) in [5.41, 5.74) is 7.75. The molecule has 2 N–H and O–H groups in total. The summed E-state index contributed by atoms with van der Waals surface area (Å²) in [7, 11) is 1.99. The summed E-state index contributed by atoms with van der Waals surface area (Å²) in [6.07, 6.45) is 0.774. The number of amides is 1. The van der Waals surface area contributed by atoms with E-state index >= 15 is 0 Å². The lowest BCUT2D eigenvalue weighted by Crippen LogP contribution is -2.39. The van der Waals surface area contributed by atoms with E-state index in [0.29, 0.717) is 0 Å². The van der Waals surface area contributed by atoms with Crippen LogP contribution in [0.3, 0.4) is 0 Å². The number of fused-ring (bicyclic) bond motifs is 1. The van der Waals surface area contributed by atoms with Gasteiger partial charge in [-0.25, -0.2) is 0 Å². The first-order valence-corrected chi connectivity index (χ1v) is 4.77. The first kappa shape index (κ1) is 9.06. The van der Waals surface area contributed by atoms with E-state index in [2.05, 4.69) is 17.0 Å². The van der Waals surface area contributed by atoms with E-state index in [1.54, 1.807) is 0 Å². The van der Waals surface area contributed by atoms with Crippen LogP contribution in [0.1, 0.15) is 5.56 Å². The Bertz CT molecular complexity index is 362. The Kier molecular flexibility index (Phi) is 2.15. The Morgan fingerprint density at radius 3 is 2.93 bits per heavy atom. The van der Waals surface area contributed by atoms with E-state index in [9.17, 15) is 4.79 Å². The lowest BCUT2D eigenvalue weighted by atomic mass is 9.92. The fourth-order valence-electron chi connectivity index (χ4n) is 2.01. The summed E-state index contributed by atoms with van der Waals surface area (Å²) in [4.78, 5) is 13.2. The third kappa shape index (κ3) is 1.45. The lowest BCUT2D eigenvalue weighted by molar-refractivity contribution is -0.121. The number of benzene rings is 1. The SMILES string of the molecule is CN1CC(C(N)=O)Cc2ccccc21. The monoisotopic (exact) mass is 190 g/mol. The first-order valence-electron chi connectivity index (χ1n) is 4.77. The molecule has 0 bridgehead atoms. The molecule has 1 aliphatic rings. The smallest absolute Gasteiger partial charge is 0.222 e. The molecule has 1 unspecified atom stereocenters. The van der Waals surface area contributed by atoms with Gasteiger partial charge in [0.2, 0.25) is 5.91 Å². The predicted octanol–water partition coefficient (Wildman–Crippen LogP) is 0.780. The fraction of sp³-hybridized carbons (Fsp3) is 0.364. The summed E-state index contributed by atoms with van der Waals surface area (Å²) in [6.45, 7) is 0.729. The van der Waals surface area contributed by atoms with Crippen LogP contribution in [0.25, 0.3) is 0 Å². The molecule has 3 nitrogen and oxygen atoms in total. The highest BCUT2D eigenvalue weighted by Crippen LogP contribution is 2.27. The minimum Gasteiger partial charge on any atom is -0.374 e. The van der Waals surface area contributed by atoms with E-state index in [1.807, 2.05) is 19.2 Å². The van der Waals surface area contributed by atoms with Crippen molar-refractivity contribution in [2.24, 2.45) is 11.7 Å². The van der Waals surface area contributed by atoms with Gasteiger partial charge in [-0.1, -0.05) is 18.2 Å². The van der Waals surface area contributed by atoms with Crippen LogP contribution in [0, 0.1) is 5.92 Å². The molecule has 0 radical (unpaired) electrons. The predicted molar refractivity (Wildman–Crippen MR) is 56.1 cm³/mol. The van der Waals surface area contributed by atoms with Crippen molar-refractivity contribution in [1.29, 1.82) is 0 Å². The number of carbonyl (C=O) groups is 1. The third-order valence-electron chi connectivity index (χ3n) is 2.77. The Balaban J connectivity index is 2.33. The second-order valence-electron chi connectivity index (χ2n) is 3.81. The van der Waals surface area contributed by atoms with E-state index in [1.165, 1.54) is 11.3 Å². The zero-order valence-corrected chi connectivity index (χ0v) is 8.23. The number of anilines is 1. The molecule has 1 aromatic rings. The Labute approximate surface area is 83.5 Å². The van der Waals surface area contributed by atoms with Crippen LogP contribution in [0.4, 0.5) is 5.69 Å². The number of primary amides is 1. The minimum atomic E-state index is -0.202. The van der Waals surface area contributed by atoms with Gasteiger partial charge in [-0.05, 0) is 18.1 Å². The van der Waals surface area contributed by atoms with Crippen LogP contribution in [0.5, 0.6) is 0 Å². The second kappa shape index (κ2) is 3.33. The highest BCUT2D eigenvalue weighted by Gasteiger charge is 2.25. The zero-order chi connectivity index (χ0) is 10.1. The fourth-order valence-corrected chi connectivity index (χ4v) is 2.01. The molecular formula is C11H14N2O. The molecule has 1 aromatic carbocycles. The molecule has 0 saturated carbocycles. The van der Waals surface area contributed by atoms with Crippen LogP contribution in [-0.4, -0.2) is 19.5 Å².